The van der Waals surface area contributed by atoms with E-state index < -0.39 is 0 Å². The fraction of sp³-hybridized carbons (Fsp3) is 0.333. The summed E-state index contributed by atoms with van der Waals surface area (Å²) in [4.78, 5) is 1.37. The van der Waals surface area contributed by atoms with Crippen molar-refractivity contribution in [3.63, 3.8) is 0 Å². The summed E-state index contributed by atoms with van der Waals surface area (Å²) in [6.07, 6.45) is 2.28. The highest BCUT2D eigenvalue weighted by Gasteiger charge is 2.10. The Bertz CT molecular complexity index is 450. The van der Waals surface area contributed by atoms with Crippen molar-refractivity contribution < 1.29 is 4.39 Å². The molecule has 0 fully saturated rings. The van der Waals surface area contributed by atoms with Gasteiger partial charge in [0.15, 0.2) is 0 Å². The largest absolute Gasteiger partial charge is 0.305 e. The van der Waals surface area contributed by atoms with E-state index in [-0.39, 0.29) is 5.82 Å². The molecule has 1 heterocycles. The fourth-order valence-electron chi connectivity index (χ4n) is 1.97. The number of hydrogen-bond donors (Lipinski definition) is 1. The first kappa shape index (κ1) is 13.2. The molecule has 0 aliphatic rings. The van der Waals surface area contributed by atoms with E-state index in [1.54, 1.807) is 11.3 Å². The van der Waals surface area contributed by atoms with Crippen LogP contribution in [0.3, 0.4) is 0 Å². The summed E-state index contributed by atoms with van der Waals surface area (Å²) in [6.45, 7) is 2.98. The number of benzene rings is 1. The third-order valence-corrected chi connectivity index (χ3v) is 3.92. The Morgan fingerprint density at radius 3 is 2.61 bits per heavy atom. The number of halogens is 1. The zero-order chi connectivity index (χ0) is 12.8. The molecule has 0 amide bonds. The maximum Gasteiger partial charge on any atom is 0.123 e. The van der Waals surface area contributed by atoms with E-state index in [0.29, 0.717) is 6.04 Å². The molecule has 0 aliphatic carbocycles. The van der Waals surface area contributed by atoms with Crippen LogP contribution in [0.2, 0.25) is 0 Å². The number of rotatable bonds is 6. The van der Waals surface area contributed by atoms with E-state index in [1.807, 2.05) is 12.1 Å². The Morgan fingerprint density at radius 1 is 1.22 bits per heavy atom. The van der Waals surface area contributed by atoms with Gasteiger partial charge in [0, 0.05) is 17.5 Å². The van der Waals surface area contributed by atoms with E-state index in [9.17, 15) is 4.39 Å². The smallest absolute Gasteiger partial charge is 0.123 e. The van der Waals surface area contributed by atoms with Crippen molar-refractivity contribution in [3.05, 3.63) is 58.0 Å². The van der Waals surface area contributed by atoms with Gasteiger partial charge in [-0.3, -0.25) is 0 Å². The van der Waals surface area contributed by atoms with Gasteiger partial charge in [-0.05, 0) is 35.6 Å². The molecule has 3 heteroatoms. The van der Waals surface area contributed by atoms with Crippen molar-refractivity contribution in [3.8, 4) is 0 Å². The van der Waals surface area contributed by atoms with Gasteiger partial charge in [-0.1, -0.05) is 31.5 Å². The van der Waals surface area contributed by atoms with Crippen LogP contribution in [-0.2, 0) is 6.54 Å². The van der Waals surface area contributed by atoms with E-state index in [0.717, 1.165) is 24.9 Å². The topological polar surface area (TPSA) is 12.0 Å². The van der Waals surface area contributed by atoms with Gasteiger partial charge in [0.05, 0.1) is 0 Å². The molecule has 0 saturated carbocycles. The monoisotopic (exact) mass is 263 g/mol. The van der Waals surface area contributed by atoms with E-state index in [4.69, 9.17) is 0 Å². The minimum Gasteiger partial charge on any atom is -0.305 e. The van der Waals surface area contributed by atoms with Crippen LogP contribution in [0.1, 0.15) is 36.2 Å². The van der Waals surface area contributed by atoms with Crippen LogP contribution in [0.15, 0.2) is 41.8 Å². The normalized spacial score (nSPS) is 12.6. The Morgan fingerprint density at radius 2 is 2.00 bits per heavy atom. The van der Waals surface area contributed by atoms with Crippen LogP contribution in [0.25, 0.3) is 0 Å². The first-order chi connectivity index (χ1) is 8.79. The van der Waals surface area contributed by atoms with E-state index in [2.05, 4.69) is 29.8 Å². The summed E-state index contributed by atoms with van der Waals surface area (Å²) in [7, 11) is 0. The second kappa shape index (κ2) is 6.66. The van der Waals surface area contributed by atoms with Gasteiger partial charge in [0.25, 0.3) is 0 Å². The SMILES string of the molecule is CCCC(NCc1ccc(F)cc1)c1cccs1. The minimum atomic E-state index is -0.179. The standard InChI is InChI=1S/C15H18FNS/c1-2-4-14(15-5-3-10-18-15)17-11-12-6-8-13(16)9-7-12/h3,5-10,14,17H,2,4,11H2,1H3. The third-order valence-electron chi connectivity index (χ3n) is 2.93. The van der Waals surface area contributed by atoms with Crippen LogP contribution in [0.5, 0.6) is 0 Å². The third kappa shape index (κ3) is 3.65. The fourth-order valence-corrected chi connectivity index (χ4v) is 2.80. The van der Waals surface area contributed by atoms with Gasteiger partial charge in [0.1, 0.15) is 5.82 Å². The zero-order valence-corrected chi connectivity index (χ0v) is 11.3. The molecular weight excluding hydrogens is 245 g/mol. The lowest BCUT2D eigenvalue weighted by Crippen LogP contribution is -2.19. The molecular formula is C15H18FNS. The van der Waals surface area contributed by atoms with Crippen molar-refractivity contribution in [2.24, 2.45) is 0 Å². The minimum absolute atomic E-state index is 0.179. The molecule has 0 aliphatic heterocycles. The zero-order valence-electron chi connectivity index (χ0n) is 10.5. The van der Waals surface area contributed by atoms with Gasteiger partial charge in [0.2, 0.25) is 0 Å². The predicted octanol–water partition coefficient (Wildman–Crippen LogP) is 4.52. The van der Waals surface area contributed by atoms with Gasteiger partial charge >= 0.3 is 0 Å². The predicted molar refractivity (Wildman–Crippen MR) is 75.2 cm³/mol. The molecule has 1 aromatic carbocycles. The Balaban J connectivity index is 1.95. The van der Waals surface area contributed by atoms with E-state index in [1.165, 1.54) is 17.0 Å². The summed E-state index contributed by atoms with van der Waals surface area (Å²) in [6, 6.07) is 11.3. The van der Waals surface area contributed by atoms with Crippen molar-refractivity contribution in [1.82, 2.24) is 5.32 Å². The Kier molecular flexibility index (Phi) is 4.90. The molecule has 0 spiro atoms. The van der Waals surface area contributed by atoms with Gasteiger partial charge in [-0.15, -0.1) is 11.3 Å². The molecule has 1 N–H and O–H groups in total. The summed E-state index contributed by atoms with van der Waals surface area (Å²) in [5.41, 5.74) is 1.12. The lowest BCUT2D eigenvalue weighted by molar-refractivity contribution is 0.500. The lowest BCUT2D eigenvalue weighted by Gasteiger charge is -2.16. The van der Waals surface area contributed by atoms with Crippen LogP contribution in [0, 0.1) is 5.82 Å². The maximum atomic E-state index is 12.8. The number of thiophene rings is 1. The van der Waals surface area contributed by atoms with Gasteiger partial charge in [-0.25, -0.2) is 4.39 Å². The first-order valence-electron chi connectivity index (χ1n) is 6.31. The lowest BCUT2D eigenvalue weighted by atomic mass is 10.1. The highest BCUT2D eigenvalue weighted by molar-refractivity contribution is 7.10. The molecule has 0 radical (unpaired) electrons. The molecule has 0 bridgehead atoms. The maximum absolute atomic E-state index is 12.8. The molecule has 18 heavy (non-hydrogen) atoms. The van der Waals surface area contributed by atoms with Crippen molar-refractivity contribution >= 4 is 11.3 Å². The second-order valence-electron chi connectivity index (χ2n) is 4.36. The van der Waals surface area contributed by atoms with Crippen molar-refractivity contribution in [1.29, 1.82) is 0 Å². The first-order valence-corrected chi connectivity index (χ1v) is 7.18. The number of nitrogens with one attached hydrogen (secondary N) is 1. The van der Waals surface area contributed by atoms with Gasteiger partial charge < -0.3 is 5.32 Å². The number of hydrogen-bond acceptors (Lipinski definition) is 2. The average molecular weight is 263 g/mol. The molecule has 1 nitrogen and oxygen atoms in total. The molecule has 96 valence electrons. The summed E-state index contributed by atoms with van der Waals surface area (Å²) < 4.78 is 12.8. The summed E-state index contributed by atoms with van der Waals surface area (Å²) >= 11 is 1.79. The van der Waals surface area contributed by atoms with Gasteiger partial charge in [-0.2, -0.15) is 0 Å². The van der Waals surface area contributed by atoms with Crippen LogP contribution in [-0.4, -0.2) is 0 Å². The highest BCUT2D eigenvalue weighted by Crippen LogP contribution is 2.23. The van der Waals surface area contributed by atoms with Crippen molar-refractivity contribution in [2.75, 3.05) is 0 Å². The molecule has 1 unspecified atom stereocenters. The Hall–Kier alpha value is -1.19. The molecule has 2 rings (SSSR count). The van der Waals surface area contributed by atoms with Crippen LogP contribution in [0.4, 0.5) is 4.39 Å². The highest BCUT2D eigenvalue weighted by atomic mass is 32.1. The molecule has 1 aromatic heterocycles. The van der Waals surface area contributed by atoms with Crippen LogP contribution >= 0.6 is 11.3 Å². The summed E-state index contributed by atoms with van der Waals surface area (Å²) in [5.74, 6) is -0.179. The molecule has 1 atom stereocenters. The second-order valence-corrected chi connectivity index (χ2v) is 5.34. The summed E-state index contributed by atoms with van der Waals surface area (Å²) in [5, 5.41) is 5.66. The molecule has 0 saturated heterocycles. The quantitative estimate of drug-likeness (QED) is 0.808. The van der Waals surface area contributed by atoms with E-state index >= 15 is 0 Å². The van der Waals surface area contributed by atoms with Crippen LogP contribution < -0.4 is 5.32 Å². The molecule has 2 aromatic rings. The average Bonchev–Trinajstić information content (AvgIpc) is 2.90. The Labute approximate surface area is 112 Å². The van der Waals surface area contributed by atoms with Crippen molar-refractivity contribution in [2.45, 2.75) is 32.4 Å².